The number of hydrogen-bond donors (Lipinski definition) is 1. The van der Waals surface area contributed by atoms with E-state index in [-0.39, 0.29) is 5.82 Å². The molecule has 0 spiro atoms. The van der Waals surface area contributed by atoms with Crippen molar-refractivity contribution in [3.8, 4) is 12.3 Å². The first-order valence-electron chi connectivity index (χ1n) is 4.23. The Bertz CT molecular complexity index is 325. The van der Waals surface area contributed by atoms with Gasteiger partial charge in [-0.25, -0.2) is 4.39 Å². The molecule has 1 N–H and O–H groups in total. The average Bonchev–Trinajstić information content (AvgIpc) is 2.16. The molecule has 0 atom stereocenters. The Morgan fingerprint density at radius 2 is 2.31 bits per heavy atom. The van der Waals surface area contributed by atoms with Crippen LogP contribution in [0.15, 0.2) is 18.2 Å². The molecule has 1 aromatic rings. The molecule has 0 radical (unpaired) electrons. The Hall–Kier alpha value is -1.33. The van der Waals surface area contributed by atoms with Crippen LogP contribution < -0.4 is 5.32 Å². The summed E-state index contributed by atoms with van der Waals surface area (Å²) in [6.45, 7) is 3.58. The molecule has 0 bridgehead atoms. The van der Waals surface area contributed by atoms with Crippen molar-refractivity contribution in [2.24, 2.45) is 0 Å². The summed E-state index contributed by atoms with van der Waals surface area (Å²) in [6, 6.07) is 4.52. The molecule has 68 valence electrons. The Labute approximate surface area is 78.0 Å². The molecule has 0 saturated carbocycles. The van der Waals surface area contributed by atoms with E-state index in [0.717, 1.165) is 12.1 Å². The zero-order valence-electron chi connectivity index (χ0n) is 7.60. The van der Waals surface area contributed by atoms with Gasteiger partial charge >= 0.3 is 0 Å². The van der Waals surface area contributed by atoms with Gasteiger partial charge in [0, 0.05) is 12.1 Å². The van der Waals surface area contributed by atoms with Gasteiger partial charge in [-0.1, -0.05) is 18.9 Å². The van der Waals surface area contributed by atoms with Gasteiger partial charge in [0.25, 0.3) is 0 Å². The molecule has 0 unspecified atom stereocenters. The van der Waals surface area contributed by atoms with E-state index in [1.165, 1.54) is 12.1 Å². The molecule has 0 aliphatic carbocycles. The van der Waals surface area contributed by atoms with Crippen LogP contribution in [0.3, 0.4) is 0 Å². The highest BCUT2D eigenvalue weighted by Crippen LogP contribution is 2.09. The Balaban J connectivity index is 2.88. The maximum atomic E-state index is 12.7. The Kier molecular flexibility index (Phi) is 3.48. The molecule has 0 saturated heterocycles. The number of benzene rings is 1. The van der Waals surface area contributed by atoms with E-state index >= 15 is 0 Å². The second kappa shape index (κ2) is 4.64. The summed E-state index contributed by atoms with van der Waals surface area (Å²) in [5.41, 5.74) is 1.59. The third kappa shape index (κ3) is 2.57. The third-order valence-electron chi connectivity index (χ3n) is 1.79. The van der Waals surface area contributed by atoms with Crippen molar-refractivity contribution in [1.82, 2.24) is 5.32 Å². The quantitative estimate of drug-likeness (QED) is 0.695. The molecule has 0 amide bonds. The number of hydrogen-bond acceptors (Lipinski definition) is 1. The molecule has 0 heterocycles. The first kappa shape index (κ1) is 9.76. The largest absolute Gasteiger partial charge is 0.313 e. The lowest BCUT2D eigenvalue weighted by atomic mass is 10.1. The summed E-state index contributed by atoms with van der Waals surface area (Å²) < 4.78 is 12.7. The minimum atomic E-state index is -0.284. The van der Waals surface area contributed by atoms with Gasteiger partial charge < -0.3 is 5.32 Å². The number of terminal acetylenes is 1. The molecule has 2 heteroatoms. The fourth-order valence-corrected chi connectivity index (χ4v) is 1.10. The van der Waals surface area contributed by atoms with Crippen molar-refractivity contribution in [1.29, 1.82) is 0 Å². The first-order valence-corrected chi connectivity index (χ1v) is 4.23. The highest BCUT2D eigenvalue weighted by molar-refractivity contribution is 5.40. The van der Waals surface area contributed by atoms with Gasteiger partial charge in [0.05, 0.1) is 0 Å². The standard InChI is InChI=1S/C11H12FN/c1-3-9-7-11(12)6-5-10(9)8-13-4-2/h1,5-7,13H,4,8H2,2H3. The lowest BCUT2D eigenvalue weighted by Crippen LogP contribution is -2.12. The van der Waals surface area contributed by atoms with Crippen molar-refractivity contribution in [3.05, 3.63) is 35.1 Å². The summed E-state index contributed by atoms with van der Waals surface area (Å²) in [5.74, 6) is 2.18. The Morgan fingerprint density at radius 1 is 1.54 bits per heavy atom. The number of nitrogens with one attached hydrogen (secondary N) is 1. The van der Waals surface area contributed by atoms with E-state index in [1.54, 1.807) is 6.07 Å². The molecule has 1 nitrogen and oxygen atoms in total. The molecule has 13 heavy (non-hydrogen) atoms. The second-order valence-corrected chi connectivity index (χ2v) is 2.73. The second-order valence-electron chi connectivity index (χ2n) is 2.73. The fraction of sp³-hybridized carbons (Fsp3) is 0.273. The minimum absolute atomic E-state index is 0.284. The monoisotopic (exact) mass is 177 g/mol. The van der Waals surface area contributed by atoms with Crippen molar-refractivity contribution in [3.63, 3.8) is 0 Å². The van der Waals surface area contributed by atoms with Crippen LogP contribution in [-0.2, 0) is 6.54 Å². The first-order chi connectivity index (χ1) is 6.27. The van der Waals surface area contributed by atoms with Crippen LogP contribution in [0.1, 0.15) is 18.1 Å². The van der Waals surface area contributed by atoms with Gasteiger partial charge in [0.15, 0.2) is 0 Å². The van der Waals surface area contributed by atoms with Crippen LogP contribution in [0.2, 0.25) is 0 Å². The molecule has 0 aliphatic rings. The van der Waals surface area contributed by atoms with E-state index in [9.17, 15) is 4.39 Å². The van der Waals surface area contributed by atoms with Gasteiger partial charge in [-0.3, -0.25) is 0 Å². The van der Waals surface area contributed by atoms with E-state index < -0.39 is 0 Å². The van der Waals surface area contributed by atoms with Crippen LogP contribution in [0.4, 0.5) is 4.39 Å². The SMILES string of the molecule is C#Cc1cc(F)ccc1CNCC. The summed E-state index contributed by atoms with van der Waals surface area (Å²) in [7, 11) is 0. The molecule has 0 aromatic heterocycles. The van der Waals surface area contributed by atoms with Gasteiger partial charge in [-0.2, -0.15) is 0 Å². The third-order valence-corrected chi connectivity index (χ3v) is 1.79. The summed E-state index contributed by atoms with van der Waals surface area (Å²) in [5, 5.41) is 3.14. The number of halogens is 1. The molecule has 1 aromatic carbocycles. The van der Waals surface area contributed by atoms with Crippen LogP contribution in [0.25, 0.3) is 0 Å². The predicted octanol–water partition coefficient (Wildman–Crippen LogP) is 1.92. The van der Waals surface area contributed by atoms with Gasteiger partial charge in [-0.15, -0.1) is 6.42 Å². The predicted molar refractivity (Wildman–Crippen MR) is 51.7 cm³/mol. The highest BCUT2D eigenvalue weighted by Gasteiger charge is 2.00. The zero-order chi connectivity index (χ0) is 9.68. The molecule has 0 fully saturated rings. The van der Waals surface area contributed by atoms with E-state index in [4.69, 9.17) is 6.42 Å². The maximum absolute atomic E-state index is 12.7. The van der Waals surface area contributed by atoms with Crippen molar-refractivity contribution in [2.75, 3.05) is 6.54 Å². The topological polar surface area (TPSA) is 12.0 Å². The van der Waals surface area contributed by atoms with Crippen LogP contribution >= 0.6 is 0 Å². The van der Waals surface area contributed by atoms with Crippen molar-refractivity contribution in [2.45, 2.75) is 13.5 Å². The van der Waals surface area contributed by atoms with E-state index in [2.05, 4.69) is 11.2 Å². The lowest BCUT2D eigenvalue weighted by molar-refractivity contribution is 0.625. The van der Waals surface area contributed by atoms with Gasteiger partial charge in [0.2, 0.25) is 0 Å². The summed E-state index contributed by atoms with van der Waals surface area (Å²) in [4.78, 5) is 0. The average molecular weight is 177 g/mol. The van der Waals surface area contributed by atoms with E-state index in [0.29, 0.717) is 12.1 Å². The molecule has 1 rings (SSSR count). The summed E-state index contributed by atoms with van der Waals surface area (Å²) in [6.07, 6.45) is 5.25. The van der Waals surface area contributed by atoms with E-state index in [1.807, 2.05) is 6.92 Å². The van der Waals surface area contributed by atoms with Gasteiger partial charge in [-0.05, 0) is 24.2 Å². The molecule has 0 aliphatic heterocycles. The van der Waals surface area contributed by atoms with Crippen LogP contribution in [0, 0.1) is 18.2 Å². The smallest absolute Gasteiger partial charge is 0.124 e. The van der Waals surface area contributed by atoms with Crippen molar-refractivity contribution >= 4 is 0 Å². The maximum Gasteiger partial charge on any atom is 0.124 e. The molecular formula is C11H12FN. The summed E-state index contributed by atoms with van der Waals surface area (Å²) >= 11 is 0. The van der Waals surface area contributed by atoms with Gasteiger partial charge in [0.1, 0.15) is 5.82 Å². The lowest BCUT2D eigenvalue weighted by Gasteiger charge is -2.04. The normalized spacial score (nSPS) is 9.62. The number of rotatable bonds is 3. The fourth-order valence-electron chi connectivity index (χ4n) is 1.10. The minimum Gasteiger partial charge on any atom is -0.313 e. The zero-order valence-corrected chi connectivity index (χ0v) is 7.60. The van der Waals surface area contributed by atoms with Crippen LogP contribution in [-0.4, -0.2) is 6.54 Å². The highest BCUT2D eigenvalue weighted by atomic mass is 19.1. The van der Waals surface area contributed by atoms with Crippen LogP contribution in [0.5, 0.6) is 0 Å². The molecular weight excluding hydrogens is 165 g/mol. The Morgan fingerprint density at radius 3 is 2.92 bits per heavy atom. The van der Waals surface area contributed by atoms with Crippen molar-refractivity contribution < 1.29 is 4.39 Å².